The Morgan fingerprint density at radius 3 is 2.17 bits per heavy atom. The molecule has 0 bridgehead atoms. The highest BCUT2D eigenvalue weighted by Gasteiger charge is 2.04. The summed E-state index contributed by atoms with van der Waals surface area (Å²) in [4.78, 5) is 0. The summed E-state index contributed by atoms with van der Waals surface area (Å²) >= 11 is 0. The molecule has 0 saturated carbocycles. The average molecular weight is 166 g/mol. The van der Waals surface area contributed by atoms with Gasteiger partial charge in [0.2, 0.25) is 0 Å². The zero-order valence-corrected chi connectivity index (χ0v) is 8.44. The molecule has 1 aliphatic carbocycles. The van der Waals surface area contributed by atoms with E-state index in [1.807, 2.05) is 0 Å². The van der Waals surface area contributed by atoms with Crippen molar-refractivity contribution < 1.29 is 0 Å². The first-order valence-corrected chi connectivity index (χ1v) is 5.61. The van der Waals surface area contributed by atoms with Crippen molar-refractivity contribution in [1.29, 1.82) is 0 Å². The molecule has 0 amide bonds. The molecule has 70 valence electrons. The molecule has 0 unspecified atom stereocenters. The summed E-state index contributed by atoms with van der Waals surface area (Å²) in [6.45, 7) is 2.28. The van der Waals surface area contributed by atoms with Crippen LogP contribution in [0.1, 0.15) is 64.7 Å². The maximum atomic E-state index is 2.36. The van der Waals surface area contributed by atoms with E-state index < -0.39 is 0 Å². The predicted octanol–water partition coefficient (Wildman–Crippen LogP) is 4.46. The molecule has 0 heteroatoms. The van der Waals surface area contributed by atoms with E-state index in [9.17, 15) is 0 Å². The van der Waals surface area contributed by atoms with Gasteiger partial charge in [-0.25, -0.2) is 0 Å². The molecule has 1 aliphatic rings. The van der Waals surface area contributed by atoms with E-state index in [1.165, 1.54) is 57.8 Å². The van der Waals surface area contributed by atoms with E-state index in [0.29, 0.717) is 0 Å². The topological polar surface area (TPSA) is 0 Å². The standard InChI is InChI=1S/C12H22/c1-2-3-4-5-6-7-8-9-12-10-11-12/h10H,2-9,11H2,1H3. The molecule has 0 saturated heterocycles. The van der Waals surface area contributed by atoms with E-state index in [0.717, 1.165) is 0 Å². The summed E-state index contributed by atoms with van der Waals surface area (Å²) in [5.41, 5.74) is 1.71. The predicted molar refractivity (Wildman–Crippen MR) is 55.3 cm³/mol. The quantitative estimate of drug-likeness (QED) is 0.369. The Hall–Kier alpha value is -0.260. The molecule has 0 heterocycles. The van der Waals surface area contributed by atoms with Crippen LogP contribution in [0, 0.1) is 0 Å². The molecule has 0 N–H and O–H groups in total. The first-order chi connectivity index (χ1) is 5.93. The number of rotatable bonds is 8. The van der Waals surface area contributed by atoms with Crippen molar-refractivity contribution in [3.8, 4) is 0 Å². The van der Waals surface area contributed by atoms with Crippen LogP contribution in [0.4, 0.5) is 0 Å². The van der Waals surface area contributed by atoms with Crippen molar-refractivity contribution >= 4 is 0 Å². The third-order valence-electron chi connectivity index (χ3n) is 2.59. The second-order valence-electron chi connectivity index (χ2n) is 3.94. The normalized spacial score (nSPS) is 14.6. The highest BCUT2D eigenvalue weighted by atomic mass is 14.1. The second-order valence-corrected chi connectivity index (χ2v) is 3.94. The van der Waals surface area contributed by atoms with Gasteiger partial charge in [-0.05, 0) is 19.3 Å². The number of hydrogen-bond acceptors (Lipinski definition) is 0. The summed E-state index contributed by atoms with van der Waals surface area (Å²) in [7, 11) is 0. The minimum atomic E-state index is 1.33. The molecule has 0 fully saturated rings. The van der Waals surface area contributed by atoms with Gasteiger partial charge in [-0.1, -0.05) is 57.1 Å². The van der Waals surface area contributed by atoms with Crippen molar-refractivity contribution in [3.63, 3.8) is 0 Å². The molecular weight excluding hydrogens is 144 g/mol. The first kappa shape index (κ1) is 9.83. The van der Waals surface area contributed by atoms with E-state index in [4.69, 9.17) is 0 Å². The van der Waals surface area contributed by atoms with Crippen molar-refractivity contribution in [2.75, 3.05) is 0 Å². The van der Waals surface area contributed by atoms with Gasteiger partial charge in [0.1, 0.15) is 0 Å². The molecule has 0 aromatic heterocycles. The van der Waals surface area contributed by atoms with Crippen LogP contribution in [0.15, 0.2) is 11.6 Å². The number of allylic oxidation sites excluding steroid dienone is 2. The van der Waals surface area contributed by atoms with Crippen LogP contribution >= 0.6 is 0 Å². The van der Waals surface area contributed by atoms with Crippen LogP contribution in [0.5, 0.6) is 0 Å². The van der Waals surface area contributed by atoms with Crippen molar-refractivity contribution in [2.24, 2.45) is 0 Å². The lowest BCUT2D eigenvalue weighted by atomic mass is 10.1. The Morgan fingerprint density at radius 1 is 1.00 bits per heavy atom. The largest absolute Gasteiger partial charge is 0.0810 e. The first-order valence-electron chi connectivity index (χ1n) is 5.61. The SMILES string of the molecule is CCCCCCCCCC1=CC1. The van der Waals surface area contributed by atoms with E-state index in [-0.39, 0.29) is 0 Å². The van der Waals surface area contributed by atoms with E-state index >= 15 is 0 Å². The third kappa shape index (κ3) is 5.40. The zero-order valence-electron chi connectivity index (χ0n) is 8.44. The van der Waals surface area contributed by atoms with Crippen LogP contribution in [-0.4, -0.2) is 0 Å². The highest BCUT2D eigenvalue weighted by Crippen LogP contribution is 2.24. The Kier molecular flexibility index (Phi) is 5.14. The molecule has 1 rings (SSSR count). The van der Waals surface area contributed by atoms with Crippen molar-refractivity contribution in [1.82, 2.24) is 0 Å². The molecule has 0 nitrogen and oxygen atoms in total. The van der Waals surface area contributed by atoms with E-state index in [2.05, 4.69) is 13.0 Å². The lowest BCUT2D eigenvalue weighted by Crippen LogP contribution is -1.79. The maximum absolute atomic E-state index is 2.36. The van der Waals surface area contributed by atoms with Gasteiger partial charge in [-0.3, -0.25) is 0 Å². The average Bonchev–Trinajstić information content (AvgIpc) is 2.87. The lowest BCUT2D eigenvalue weighted by molar-refractivity contribution is 0.590. The summed E-state index contributed by atoms with van der Waals surface area (Å²) < 4.78 is 0. The van der Waals surface area contributed by atoms with Gasteiger partial charge in [0.05, 0.1) is 0 Å². The minimum Gasteiger partial charge on any atom is -0.0810 e. The van der Waals surface area contributed by atoms with Crippen LogP contribution in [0.25, 0.3) is 0 Å². The van der Waals surface area contributed by atoms with Crippen LogP contribution < -0.4 is 0 Å². The Morgan fingerprint density at radius 2 is 1.58 bits per heavy atom. The van der Waals surface area contributed by atoms with Gasteiger partial charge in [-0.15, -0.1) is 0 Å². The smallest absolute Gasteiger partial charge is 0.0136 e. The maximum Gasteiger partial charge on any atom is -0.0136 e. The second kappa shape index (κ2) is 6.28. The molecule has 0 spiro atoms. The molecule has 0 atom stereocenters. The van der Waals surface area contributed by atoms with E-state index in [1.54, 1.807) is 5.57 Å². The fourth-order valence-electron chi connectivity index (χ4n) is 1.59. The van der Waals surface area contributed by atoms with Crippen LogP contribution in [0.2, 0.25) is 0 Å². The third-order valence-corrected chi connectivity index (χ3v) is 2.59. The molecule has 0 aliphatic heterocycles. The monoisotopic (exact) mass is 166 g/mol. The number of hydrogen-bond donors (Lipinski definition) is 0. The Labute approximate surface area is 77.1 Å². The summed E-state index contributed by atoms with van der Waals surface area (Å²) in [5, 5.41) is 0. The molecule has 0 aromatic carbocycles. The minimum absolute atomic E-state index is 1.33. The molecule has 0 aromatic rings. The zero-order chi connectivity index (χ0) is 8.65. The molecule has 12 heavy (non-hydrogen) atoms. The lowest BCUT2D eigenvalue weighted by Gasteiger charge is -1.98. The van der Waals surface area contributed by atoms with Gasteiger partial charge < -0.3 is 0 Å². The Bertz CT molecular complexity index is 133. The fourth-order valence-corrected chi connectivity index (χ4v) is 1.59. The summed E-state index contributed by atoms with van der Waals surface area (Å²) in [5.74, 6) is 0. The highest BCUT2D eigenvalue weighted by molar-refractivity contribution is 5.21. The fraction of sp³-hybridized carbons (Fsp3) is 0.833. The van der Waals surface area contributed by atoms with Crippen LogP contribution in [0.3, 0.4) is 0 Å². The van der Waals surface area contributed by atoms with Crippen LogP contribution in [-0.2, 0) is 0 Å². The van der Waals surface area contributed by atoms with Gasteiger partial charge >= 0.3 is 0 Å². The number of unbranched alkanes of at least 4 members (excludes halogenated alkanes) is 6. The molecular formula is C12H22. The molecule has 0 radical (unpaired) electrons. The van der Waals surface area contributed by atoms with Crippen molar-refractivity contribution in [3.05, 3.63) is 11.6 Å². The van der Waals surface area contributed by atoms with Gasteiger partial charge in [0.25, 0.3) is 0 Å². The Balaban J connectivity index is 1.67. The van der Waals surface area contributed by atoms with Gasteiger partial charge in [0, 0.05) is 0 Å². The summed E-state index contributed by atoms with van der Waals surface area (Å²) in [6, 6.07) is 0. The van der Waals surface area contributed by atoms with Crippen molar-refractivity contribution in [2.45, 2.75) is 64.7 Å². The van der Waals surface area contributed by atoms with Gasteiger partial charge in [-0.2, -0.15) is 0 Å². The van der Waals surface area contributed by atoms with Gasteiger partial charge in [0.15, 0.2) is 0 Å². The summed E-state index contributed by atoms with van der Waals surface area (Å²) in [6.07, 6.45) is 15.2.